The van der Waals surface area contributed by atoms with E-state index in [2.05, 4.69) is 36.1 Å². The van der Waals surface area contributed by atoms with E-state index in [1.807, 2.05) is 19.9 Å². The smallest absolute Gasteiger partial charge is 0.303 e. The van der Waals surface area contributed by atoms with Crippen LogP contribution in [0.3, 0.4) is 0 Å². The van der Waals surface area contributed by atoms with Crippen LogP contribution in [0.4, 0.5) is 5.82 Å². The van der Waals surface area contributed by atoms with Gasteiger partial charge in [-0.1, -0.05) is 20.8 Å². The Morgan fingerprint density at radius 1 is 1.29 bits per heavy atom. The zero-order valence-corrected chi connectivity index (χ0v) is 13.7. The zero-order chi connectivity index (χ0) is 16.0. The summed E-state index contributed by atoms with van der Waals surface area (Å²) in [5.74, 6) is 1.24. The largest absolute Gasteiger partial charge is 0.481 e. The van der Waals surface area contributed by atoms with Gasteiger partial charge in [0.1, 0.15) is 11.6 Å². The van der Waals surface area contributed by atoms with Crippen molar-refractivity contribution >= 4 is 11.8 Å². The van der Waals surface area contributed by atoms with Gasteiger partial charge in [0.15, 0.2) is 0 Å². The van der Waals surface area contributed by atoms with Crippen molar-refractivity contribution in [3.8, 4) is 0 Å². The highest BCUT2D eigenvalue weighted by atomic mass is 16.4. The monoisotopic (exact) mass is 293 g/mol. The van der Waals surface area contributed by atoms with E-state index in [1.54, 1.807) is 0 Å². The Kier molecular flexibility index (Phi) is 6.12. The summed E-state index contributed by atoms with van der Waals surface area (Å²) < 4.78 is 0. The molecule has 5 heteroatoms. The Morgan fingerprint density at radius 3 is 2.48 bits per heavy atom. The molecule has 0 saturated carbocycles. The van der Waals surface area contributed by atoms with Crippen molar-refractivity contribution in [2.75, 3.05) is 11.9 Å². The molecule has 0 bridgehead atoms. The topological polar surface area (TPSA) is 75.1 Å². The maximum atomic E-state index is 10.8. The highest BCUT2D eigenvalue weighted by molar-refractivity contribution is 5.66. The number of hydrogen-bond acceptors (Lipinski definition) is 4. The average Bonchev–Trinajstić information content (AvgIpc) is 2.30. The van der Waals surface area contributed by atoms with Gasteiger partial charge in [-0.25, -0.2) is 9.97 Å². The number of carboxylic acids is 1. The predicted molar refractivity (Wildman–Crippen MR) is 84.4 cm³/mol. The molecule has 1 atom stereocenters. The SMILES string of the molecule is Cc1cc(NCCC(CCC(=O)O)C(C)(C)C)nc(C)n1. The zero-order valence-electron chi connectivity index (χ0n) is 13.7. The van der Waals surface area contributed by atoms with Crippen molar-refractivity contribution in [1.29, 1.82) is 0 Å². The number of anilines is 1. The summed E-state index contributed by atoms with van der Waals surface area (Å²) in [6, 6.07) is 1.93. The third-order valence-corrected chi connectivity index (χ3v) is 3.70. The summed E-state index contributed by atoms with van der Waals surface area (Å²) in [6.45, 7) is 11.1. The molecule has 0 saturated heterocycles. The van der Waals surface area contributed by atoms with Crippen molar-refractivity contribution in [3.63, 3.8) is 0 Å². The third-order valence-electron chi connectivity index (χ3n) is 3.70. The molecule has 1 aromatic heterocycles. The van der Waals surface area contributed by atoms with Crippen LogP contribution in [0.25, 0.3) is 0 Å². The number of carboxylic acid groups (broad SMARTS) is 1. The number of aliphatic carboxylic acids is 1. The van der Waals surface area contributed by atoms with E-state index in [-0.39, 0.29) is 11.8 Å². The minimum absolute atomic E-state index is 0.106. The number of aromatic nitrogens is 2. The lowest BCUT2D eigenvalue weighted by Crippen LogP contribution is -2.24. The first-order chi connectivity index (χ1) is 9.68. The molecule has 1 aromatic rings. The second-order valence-electron chi connectivity index (χ2n) is 6.65. The molecule has 0 aliphatic heterocycles. The van der Waals surface area contributed by atoms with Gasteiger partial charge in [-0.05, 0) is 38.0 Å². The van der Waals surface area contributed by atoms with Gasteiger partial charge in [0.2, 0.25) is 0 Å². The Bertz CT molecular complexity index is 461. The summed E-state index contributed by atoms with van der Waals surface area (Å²) >= 11 is 0. The van der Waals surface area contributed by atoms with Crippen LogP contribution in [0, 0.1) is 25.2 Å². The quantitative estimate of drug-likeness (QED) is 0.805. The predicted octanol–water partition coefficient (Wildman–Crippen LogP) is 3.42. The maximum Gasteiger partial charge on any atom is 0.303 e. The minimum Gasteiger partial charge on any atom is -0.481 e. The van der Waals surface area contributed by atoms with E-state index in [0.29, 0.717) is 12.3 Å². The highest BCUT2D eigenvalue weighted by Gasteiger charge is 2.24. The normalized spacial score (nSPS) is 13.0. The van der Waals surface area contributed by atoms with Crippen molar-refractivity contribution < 1.29 is 9.90 Å². The van der Waals surface area contributed by atoms with Crippen molar-refractivity contribution in [2.45, 2.75) is 53.9 Å². The molecule has 0 aliphatic rings. The molecule has 0 fully saturated rings. The Hall–Kier alpha value is -1.65. The van der Waals surface area contributed by atoms with Gasteiger partial charge in [0, 0.05) is 24.7 Å². The highest BCUT2D eigenvalue weighted by Crippen LogP contribution is 2.32. The molecule has 0 amide bonds. The Morgan fingerprint density at radius 2 is 1.95 bits per heavy atom. The van der Waals surface area contributed by atoms with E-state index in [9.17, 15) is 4.79 Å². The van der Waals surface area contributed by atoms with Crippen LogP contribution in [-0.4, -0.2) is 27.6 Å². The molecule has 2 N–H and O–H groups in total. The third kappa shape index (κ3) is 6.56. The number of carbonyl (C=O) groups is 1. The van der Waals surface area contributed by atoms with Crippen LogP contribution in [-0.2, 0) is 4.79 Å². The van der Waals surface area contributed by atoms with E-state index in [4.69, 9.17) is 5.11 Å². The summed E-state index contributed by atoms with van der Waals surface area (Å²) in [5, 5.41) is 12.2. The van der Waals surface area contributed by atoms with Crippen molar-refractivity contribution in [1.82, 2.24) is 9.97 Å². The lowest BCUT2D eigenvalue weighted by Gasteiger charge is -2.30. The van der Waals surface area contributed by atoms with Gasteiger partial charge in [-0.15, -0.1) is 0 Å². The number of hydrogen-bond donors (Lipinski definition) is 2. The average molecular weight is 293 g/mol. The molecular weight excluding hydrogens is 266 g/mol. The van der Waals surface area contributed by atoms with Crippen LogP contribution >= 0.6 is 0 Å². The van der Waals surface area contributed by atoms with Crippen LogP contribution in [0.15, 0.2) is 6.07 Å². The van der Waals surface area contributed by atoms with Crippen LogP contribution < -0.4 is 5.32 Å². The molecular formula is C16H27N3O2. The lowest BCUT2D eigenvalue weighted by atomic mass is 9.76. The molecule has 0 radical (unpaired) electrons. The van der Waals surface area contributed by atoms with Crippen molar-refractivity contribution in [3.05, 3.63) is 17.6 Å². The molecule has 21 heavy (non-hydrogen) atoms. The van der Waals surface area contributed by atoms with Crippen molar-refractivity contribution in [2.24, 2.45) is 11.3 Å². The fourth-order valence-corrected chi connectivity index (χ4v) is 2.49. The number of nitrogens with one attached hydrogen (secondary N) is 1. The second-order valence-corrected chi connectivity index (χ2v) is 6.65. The van der Waals surface area contributed by atoms with E-state index < -0.39 is 5.97 Å². The Labute approximate surface area is 127 Å². The van der Waals surface area contributed by atoms with Gasteiger partial charge in [-0.2, -0.15) is 0 Å². The minimum atomic E-state index is -0.723. The second kappa shape index (κ2) is 7.38. The first-order valence-corrected chi connectivity index (χ1v) is 7.46. The fraction of sp³-hybridized carbons (Fsp3) is 0.688. The van der Waals surface area contributed by atoms with Crippen LogP contribution in [0.2, 0.25) is 0 Å². The van der Waals surface area contributed by atoms with E-state index in [0.717, 1.165) is 30.3 Å². The summed E-state index contributed by atoms with van der Waals surface area (Å²) in [7, 11) is 0. The molecule has 0 aliphatic carbocycles. The molecule has 1 heterocycles. The molecule has 118 valence electrons. The van der Waals surface area contributed by atoms with E-state index >= 15 is 0 Å². The standard InChI is InChI=1S/C16H27N3O2/c1-11-10-14(19-12(2)18-11)17-9-8-13(16(3,4)5)6-7-15(20)21/h10,13H,6-9H2,1-5H3,(H,20,21)(H,17,18,19). The van der Waals surface area contributed by atoms with Gasteiger partial charge in [-0.3, -0.25) is 4.79 Å². The van der Waals surface area contributed by atoms with Gasteiger partial charge >= 0.3 is 5.97 Å². The summed E-state index contributed by atoms with van der Waals surface area (Å²) in [6.07, 6.45) is 1.87. The molecule has 1 rings (SSSR count). The van der Waals surface area contributed by atoms with E-state index in [1.165, 1.54) is 0 Å². The van der Waals surface area contributed by atoms with Gasteiger partial charge in [0.25, 0.3) is 0 Å². The molecule has 1 unspecified atom stereocenters. The fourth-order valence-electron chi connectivity index (χ4n) is 2.49. The number of nitrogens with zero attached hydrogens (tertiary/aromatic N) is 2. The van der Waals surface area contributed by atoms with Crippen LogP contribution in [0.1, 0.15) is 51.6 Å². The van der Waals surface area contributed by atoms with Gasteiger partial charge in [0.05, 0.1) is 0 Å². The summed E-state index contributed by atoms with van der Waals surface area (Å²) in [4.78, 5) is 19.4. The number of rotatable bonds is 7. The molecule has 0 spiro atoms. The van der Waals surface area contributed by atoms with Gasteiger partial charge < -0.3 is 10.4 Å². The lowest BCUT2D eigenvalue weighted by molar-refractivity contribution is -0.137. The summed E-state index contributed by atoms with van der Waals surface area (Å²) in [5.41, 5.74) is 1.05. The maximum absolute atomic E-state index is 10.8. The first-order valence-electron chi connectivity index (χ1n) is 7.46. The van der Waals surface area contributed by atoms with Crippen LogP contribution in [0.5, 0.6) is 0 Å². The molecule has 0 aromatic carbocycles. The Balaban J connectivity index is 2.54. The number of aryl methyl sites for hydroxylation is 2. The molecule has 5 nitrogen and oxygen atoms in total. The first kappa shape index (κ1) is 17.4.